The van der Waals surface area contributed by atoms with Crippen LogP contribution in [0.15, 0.2) is 59.5 Å². The number of nitrogens with one attached hydrogen (secondary N) is 1. The average molecular weight is 362 g/mol. The Labute approximate surface area is 148 Å². The van der Waals surface area contributed by atoms with E-state index in [0.717, 1.165) is 9.87 Å². The first-order valence-corrected chi connectivity index (χ1v) is 9.37. The van der Waals surface area contributed by atoms with Crippen LogP contribution in [0.2, 0.25) is 0 Å². The van der Waals surface area contributed by atoms with Crippen molar-refractivity contribution in [3.8, 4) is 5.75 Å². The third-order valence-electron chi connectivity index (χ3n) is 3.54. The topological polar surface area (TPSA) is 75.7 Å². The lowest BCUT2D eigenvalue weighted by atomic mass is 10.2. The molecule has 0 fully saturated rings. The SMILES string of the molecule is CCOc1ccc(S(=O)(=O)N(C)CC(=O)NCc2ccccc2)cc1. The van der Waals surface area contributed by atoms with Crippen LogP contribution < -0.4 is 10.1 Å². The molecule has 0 unspecified atom stereocenters. The first-order chi connectivity index (χ1) is 11.9. The highest BCUT2D eigenvalue weighted by Crippen LogP contribution is 2.18. The maximum absolute atomic E-state index is 12.5. The van der Waals surface area contributed by atoms with Gasteiger partial charge in [0.15, 0.2) is 0 Å². The summed E-state index contributed by atoms with van der Waals surface area (Å²) >= 11 is 0. The predicted octanol–water partition coefficient (Wildman–Crippen LogP) is 2.02. The standard InChI is InChI=1S/C18H22N2O4S/c1-3-24-16-9-11-17(12-10-16)25(22,23)20(2)14-18(21)19-13-15-7-5-4-6-8-15/h4-12H,3,13-14H2,1-2H3,(H,19,21). The number of amides is 1. The van der Waals surface area contributed by atoms with Gasteiger partial charge in [-0.05, 0) is 36.8 Å². The number of rotatable bonds is 8. The summed E-state index contributed by atoms with van der Waals surface area (Å²) in [5.41, 5.74) is 0.952. The van der Waals surface area contributed by atoms with E-state index in [1.807, 2.05) is 37.3 Å². The molecule has 0 saturated carbocycles. The summed E-state index contributed by atoms with van der Waals surface area (Å²) in [6.07, 6.45) is 0. The van der Waals surface area contributed by atoms with Gasteiger partial charge in [-0.1, -0.05) is 30.3 Å². The fraction of sp³-hybridized carbons (Fsp3) is 0.278. The molecule has 0 heterocycles. The molecule has 0 aliphatic heterocycles. The van der Waals surface area contributed by atoms with Crippen molar-refractivity contribution < 1.29 is 17.9 Å². The third-order valence-corrected chi connectivity index (χ3v) is 5.36. The average Bonchev–Trinajstić information content (AvgIpc) is 2.61. The first-order valence-electron chi connectivity index (χ1n) is 7.93. The number of carbonyl (C=O) groups is 1. The summed E-state index contributed by atoms with van der Waals surface area (Å²) in [4.78, 5) is 12.1. The molecule has 0 saturated heterocycles. The van der Waals surface area contributed by atoms with Crippen LogP contribution >= 0.6 is 0 Å². The lowest BCUT2D eigenvalue weighted by Crippen LogP contribution is -2.38. The fourth-order valence-corrected chi connectivity index (χ4v) is 3.32. The summed E-state index contributed by atoms with van der Waals surface area (Å²) in [6, 6.07) is 15.6. The second-order valence-corrected chi connectivity index (χ2v) is 7.47. The van der Waals surface area contributed by atoms with Gasteiger partial charge in [0.25, 0.3) is 0 Å². The Balaban J connectivity index is 1.95. The predicted molar refractivity (Wildman–Crippen MR) is 95.7 cm³/mol. The highest BCUT2D eigenvalue weighted by Gasteiger charge is 2.22. The van der Waals surface area contributed by atoms with Crippen LogP contribution in [0.3, 0.4) is 0 Å². The Morgan fingerprint density at radius 1 is 1.08 bits per heavy atom. The second-order valence-electron chi connectivity index (χ2n) is 5.43. The van der Waals surface area contributed by atoms with Crippen LogP contribution in [0.1, 0.15) is 12.5 Å². The fourth-order valence-electron chi connectivity index (χ4n) is 2.19. The lowest BCUT2D eigenvalue weighted by molar-refractivity contribution is -0.121. The molecule has 0 aromatic heterocycles. The Kier molecular flexibility index (Phi) is 6.55. The van der Waals surface area contributed by atoms with E-state index in [4.69, 9.17) is 4.74 Å². The number of hydrogen-bond acceptors (Lipinski definition) is 4. The largest absolute Gasteiger partial charge is 0.494 e. The van der Waals surface area contributed by atoms with Gasteiger partial charge in [-0.15, -0.1) is 0 Å². The van der Waals surface area contributed by atoms with Crippen LogP contribution in [-0.2, 0) is 21.4 Å². The first kappa shape index (κ1) is 19.0. The molecule has 2 aromatic carbocycles. The maximum Gasteiger partial charge on any atom is 0.243 e. The molecule has 0 aliphatic carbocycles. The van der Waals surface area contributed by atoms with Gasteiger partial charge in [0, 0.05) is 13.6 Å². The Morgan fingerprint density at radius 3 is 2.32 bits per heavy atom. The van der Waals surface area contributed by atoms with Crippen molar-refractivity contribution in [3.63, 3.8) is 0 Å². The number of likely N-dealkylation sites (N-methyl/N-ethyl adjacent to an activating group) is 1. The molecule has 2 aromatic rings. The molecule has 1 N–H and O–H groups in total. The van der Waals surface area contributed by atoms with Gasteiger partial charge in [-0.2, -0.15) is 4.31 Å². The number of hydrogen-bond donors (Lipinski definition) is 1. The van der Waals surface area contributed by atoms with E-state index < -0.39 is 10.0 Å². The van der Waals surface area contributed by atoms with Crippen molar-refractivity contribution in [2.24, 2.45) is 0 Å². The minimum atomic E-state index is -3.73. The van der Waals surface area contributed by atoms with Gasteiger partial charge >= 0.3 is 0 Å². The van der Waals surface area contributed by atoms with Gasteiger partial charge in [-0.25, -0.2) is 8.42 Å². The molecule has 7 heteroatoms. The molecular weight excluding hydrogens is 340 g/mol. The molecule has 25 heavy (non-hydrogen) atoms. The number of ether oxygens (including phenoxy) is 1. The van der Waals surface area contributed by atoms with Crippen LogP contribution in [0, 0.1) is 0 Å². The smallest absolute Gasteiger partial charge is 0.243 e. The van der Waals surface area contributed by atoms with E-state index in [0.29, 0.717) is 18.9 Å². The van der Waals surface area contributed by atoms with Crippen LogP contribution in [-0.4, -0.2) is 38.8 Å². The van der Waals surface area contributed by atoms with Crippen LogP contribution in [0.25, 0.3) is 0 Å². The third kappa shape index (κ3) is 5.30. The van der Waals surface area contributed by atoms with Crippen molar-refractivity contribution in [2.45, 2.75) is 18.4 Å². The highest BCUT2D eigenvalue weighted by atomic mass is 32.2. The maximum atomic E-state index is 12.5. The summed E-state index contributed by atoms with van der Waals surface area (Å²) < 4.78 is 31.4. The van der Waals surface area contributed by atoms with Crippen molar-refractivity contribution >= 4 is 15.9 Å². The van der Waals surface area contributed by atoms with Crippen molar-refractivity contribution in [1.29, 1.82) is 0 Å². The summed E-state index contributed by atoms with van der Waals surface area (Å²) in [6.45, 7) is 2.47. The quantitative estimate of drug-likeness (QED) is 0.780. The molecule has 0 radical (unpaired) electrons. The number of nitrogens with zero attached hydrogens (tertiary/aromatic N) is 1. The molecule has 134 valence electrons. The van der Waals surface area contributed by atoms with Gasteiger partial charge in [0.1, 0.15) is 5.75 Å². The van der Waals surface area contributed by atoms with Gasteiger partial charge in [-0.3, -0.25) is 4.79 Å². The Morgan fingerprint density at radius 2 is 1.72 bits per heavy atom. The molecule has 0 spiro atoms. The zero-order chi connectivity index (χ0) is 18.3. The van der Waals surface area contributed by atoms with Gasteiger partial charge in [0.2, 0.25) is 15.9 Å². The Hall–Kier alpha value is -2.38. The van der Waals surface area contributed by atoms with E-state index in [9.17, 15) is 13.2 Å². The molecule has 1 amide bonds. The molecule has 0 atom stereocenters. The lowest BCUT2D eigenvalue weighted by Gasteiger charge is -2.17. The Bertz CT molecular complexity index is 790. The molecule has 2 rings (SSSR count). The summed E-state index contributed by atoms with van der Waals surface area (Å²) in [7, 11) is -2.35. The monoisotopic (exact) mass is 362 g/mol. The molecule has 6 nitrogen and oxygen atoms in total. The van der Waals surface area contributed by atoms with E-state index in [1.165, 1.54) is 19.2 Å². The van der Waals surface area contributed by atoms with Crippen LogP contribution in [0.5, 0.6) is 5.75 Å². The highest BCUT2D eigenvalue weighted by molar-refractivity contribution is 7.89. The van der Waals surface area contributed by atoms with Gasteiger partial charge < -0.3 is 10.1 Å². The zero-order valence-electron chi connectivity index (χ0n) is 14.3. The normalized spacial score (nSPS) is 11.3. The number of sulfonamides is 1. The van der Waals surface area contributed by atoms with Crippen molar-refractivity contribution in [1.82, 2.24) is 9.62 Å². The van der Waals surface area contributed by atoms with Gasteiger partial charge in [0.05, 0.1) is 18.0 Å². The van der Waals surface area contributed by atoms with E-state index in [-0.39, 0.29) is 17.3 Å². The summed E-state index contributed by atoms with van der Waals surface area (Å²) in [5.74, 6) is 0.241. The van der Waals surface area contributed by atoms with Crippen molar-refractivity contribution in [3.05, 3.63) is 60.2 Å². The molecule has 0 aliphatic rings. The summed E-state index contributed by atoms with van der Waals surface area (Å²) in [5, 5.41) is 2.71. The minimum Gasteiger partial charge on any atom is -0.494 e. The van der Waals surface area contributed by atoms with Crippen molar-refractivity contribution in [2.75, 3.05) is 20.2 Å². The molecular formula is C18H22N2O4S. The number of carbonyl (C=O) groups excluding carboxylic acids is 1. The number of benzene rings is 2. The van der Waals surface area contributed by atoms with E-state index >= 15 is 0 Å². The van der Waals surface area contributed by atoms with E-state index in [2.05, 4.69) is 5.32 Å². The van der Waals surface area contributed by atoms with E-state index in [1.54, 1.807) is 12.1 Å². The second kappa shape index (κ2) is 8.64. The van der Waals surface area contributed by atoms with Crippen LogP contribution in [0.4, 0.5) is 0 Å². The minimum absolute atomic E-state index is 0.120. The zero-order valence-corrected chi connectivity index (χ0v) is 15.1. The molecule has 0 bridgehead atoms.